The summed E-state index contributed by atoms with van der Waals surface area (Å²) in [5, 5.41) is 5.22. The molecule has 3 heterocycles. The molecule has 11 heteroatoms. The van der Waals surface area contributed by atoms with Crippen LogP contribution in [0.15, 0.2) is 89.6 Å². The summed E-state index contributed by atoms with van der Waals surface area (Å²) in [4.78, 5) is 22.5. The molecule has 0 spiro atoms. The van der Waals surface area contributed by atoms with E-state index in [1.165, 1.54) is 4.57 Å². The van der Waals surface area contributed by atoms with E-state index in [4.69, 9.17) is 24.8 Å². The number of benzene rings is 2. The molecule has 0 unspecified atom stereocenters. The van der Waals surface area contributed by atoms with E-state index in [0.29, 0.717) is 30.0 Å². The van der Waals surface area contributed by atoms with Gasteiger partial charge in [0.15, 0.2) is 5.76 Å². The van der Waals surface area contributed by atoms with Crippen LogP contribution in [0, 0.1) is 0 Å². The Morgan fingerprint density at radius 2 is 1.78 bits per heavy atom. The highest BCUT2D eigenvalue weighted by atomic mass is 31.2. The number of nitrogens with zero attached hydrogens (tertiary/aromatic N) is 3. The van der Waals surface area contributed by atoms with E-state index in [1.807, 2.05) is 60.7 Å². The van der Waals surface area contributed by atoms with E-state index in [0.717, 1.165) is 27.9 Å². The third kappa shape index (κ3) is 6.19. The molecule has 0 fully saturated rings. The summed E-state index contributed by atoms with van der Waals surface area (Å²) in [6.07, 6.45) is 2.08. The van der Waals surface area contributed by atoms with Crippen molar-refractivity contribution < 1.29 is 32.7 Å². The summed E-state index contributed by atoms with van der Waals surface area (Å²) in [5.74, 6) is 1.39. The number of phosphoric ester groups is 1. The largest absolute Gasteiger partial charge is 0.487 e. The predicted molar refractivity (Wildman–Crippen MR) is 135 cm³/mol. The zero-order valence-electron chi connectivity index (χ0n) is 19.6. The van der Waals surface area contributed by atoms with Crippen LogP contribution in [0.5, 0.6) is 5.75 Å². The monoisotopic (exact) mass is 519 g/mol. The van der Waals surface area contributed by atoms with Gasteiger partial charge >= 0.3 is 7.82 Å². The summed E-state index contributed by atoms with van der Waals surface area (Å²) in [5.41, 5.74) is 10.2. The topological polar surface area (TPSA) is 145 Å². The molecular weight excluding hydrogens is 495 g/mol. The minimum Gasteiger partial charge on any atom is -0.487 e. The van der Waals surface area contributed by atoms with Gasteiger partial charge < -0.3 is 19.0 Å². The van der Waals surface area contributed by atoms with Crippen molar-refractivity contribution in [2.45, 2.75) is 19.8 Å². The molecular formula is C26H24N4O6P+. The van der Waals surface area contributed by atoms with Crippen molar-refractivity contribution in [3.05, 3.63) is 102 Å². The zero-order valence-corrected chi connectivity index (χ0v) is 20.5. The number of rotatable bonds is 9. The van der Waals surface area contributed by atoms with Crippen LogP contribution < -0.4 is 15.0 Å². The van der Waals surface area contributed by atoms with E-state index in [9.17, 15) is 4.57 Å². The van der Waals surface area contributed by atoms with Crippen molar-refractivity contribution in [2.75, 3.05) is 5.73 Å². The quantitative estimate of drug-likeness (QED) is 0.194. The molecule has 0 radical (unpaired) electrons. The number of anilines is 1. The molecule has 5 aromatic rings. The molecule has 5 rings (SSSR count). The average Bonchev–Trinajstić information content (AvgIpc) is 3.35. The van der Waals surface area contributed by atoms with E-state index >= 15 is 0 Å². The fourth-order valence-corrected chi connectivity index (χ4v) is 4.08. The second kappa shape index (κ2) is 10.5. The first-order valence-electron chi connectivity index (χ1n) is 11.3. The molecule has 0 aliphatic carbocycles. The van der Waals surface area contributed by atoms with Gasteiger partial charge in [-0.3, -0.25) is 5.73 Å². The van der Waals surface area contributed by atoms with Crippen molar-refractivity contribution in [1.82, 2.24) is 10.1 Å². The first-order valence-corrected chi connectivity index (χ1v) is 12.9. The molecule has 0 aliphatic rings. The summed E-state index contributed by atoms with van der Waals surface area (Å²) in [6, 6.07) is 24.8. The van der Waals surface area contributed by atoms with Gasteiger partial charge in [-0.2, -0.15) is 0 Å². The Morgan fingerprint density at radius 1 is 0.973 bits per heavy atom. The van der Waals surface area contributed by atoms with Crippen molar-refractivity contribution >= 4 is 24.5 Å². The maximum absolute atomic E-state index is 11.0. The lowest BCUT2D eigenvalue weighted by atomic mass is 10.1. The Labute approximate surface area is 212 Å². The highest BCUT2D eigenvalue weighted by molar-refractivity contribution is 7.46. The molecule has 0 amide bonds. The predicted octanol–water partition coefficient (Wildman–Crippen LogP) is 4.00. The number of pyridine rings is 2. The summed E-state index contributed by atoms with van der Waals surface area (Å²) in [7, 11) is -4.63. The van der Waals surface area contributed by atoms with Crippen LogP contribution in [0.25, 0.3) is 22.2 Å². The maximum atomic E-state index is 11.0. The number of aromatic nitrogens is 3. The third-order valence-electron chi connectivity index (χ3n) is 5.66. The van der Waals surface area contributed by atoms with E-state index in [-0.39, 0.29) is 5.82 Å². The van der Waals surface area contributed by atoms with Crippen LogP contribution in [0.2, 0.25) is 0 Å². The molecule has 37 heavy (non-hydrogen) atoms. The lowest BCUT2D eigenvalue weighted by Crippen LogP contribution is -2.38. The first kappa shape index (κ1) is 24.6. The van der Waals surface area contributed by atoms with Crippen molar-refractivity contribution in [1.29, 1.82) is 0 Å². The highest BCUT2D eigenvalue weighted by Crippen LogP contribution is 2.35. The number of ether oxygens (including phenoxy) is 1. The second-order valence-corrected chi connectivity index (χ2v) is 9.55. The van der Waals surface area contributed by atoms with Crippen LogP contribution in [0.3, 0.4) is 0 Å². The Hall–Kier alpha value is -4.08. The lowest BCUT2D eigenvalue weighted by Gasteiger charge is -2.07. The van der Waals surface area contributed by atoms with Crippen molar-refractivity contribution in [3.8, 4) is 17.1 Å². The fourth-order valence-electron chi connectivity index (χ4n) is 3.80. The highest BCUT2D eigenvalue weighted by Gasteiger charge is 2.20. The van der Waals surface area contributed by atoms with Crippen molar-refractivity contribution in [2.24, 2.45) is 0 Å². The second-order valence-electron chi connectivity index (χ2n) is 8.31. The number of hydrogen-bond donors (Lipinski definition) is 3. The molecule has 0 bridgehead atoms. The van der Waals surface area contributed by atoms with Gasteiger partial charge in [-0.25, -0.2) is 18.6 Å². The molecule has 10 nitrogen and oxygen atoms in total. The smallest absolute Gasteiger partial charge is 0.472 e. The number of para-hydroxylation sites is 1. The normalized spacial score (nSPS) is 11.6. The van der Waals surface area contributed by atoms with Gasteiger partial charge in [0, 0.05) is 17.9 Å². The van der Waals surface area contributed by atoms with Gasteiger partial charge in [-0.05, 0) is 42.0 Å². The van der Waals surface area contributed by atoms with Gasteiger partial charge in [0.05, 0.1) is 23.1 Å². The molecule has 0 atom stereocenters. The van der Waals surface area contributed by atoms with E-state index in [1.54, 1.807) is 24.4 Å². The third-order valence-corrected chi connectivity index (χ3v) is 6.11. The molecule has 0 saturated heterocycles. The maximum Gasteiger partial charge on any atom is 0.472 e. The lowest BCUT2D eigenvalue weighted by molar-refractivity contribution is -0.711. The molecule has 0 aliphatic heterocycles. The Bertz CT molecular complexity index is 1580. The van der Waals surface area contributed by atoms with E-state index in [2.05, 4.69) is 14.7 Å². The summed E-state index contributed by atoms with van der Waals surface area (Å²) >= 11 is 0. The first-order chi connectivity index (χ1) is 17.8. The number of phosphoric acid groups is 1. The van der Waals surface area contributed by atoms with Crippen LogP contribution in [0.4, 0.5) is 5.82 Å². The zero-order chi connectivity index (χ0) is 25.8. The number of fused-ring (bicyclic) bond motifs is 1. The molecule has 0 saturated carbocycles. The van der Waals surface area contributed by atoms with Gasteiger partial charge in [-0.1, -0.05) is 41.6 Å². The number of hydrogen-bond acceptors (Lipinski definition) is 7. The van der Waals surface area contributed by atoms with Gasteiger partial charge in [0.25, 0.3) is 5.82 Å². The van der Waals surface area contributed by atoms with Gasteiger partial charge in [0.2, 0.25) is 6.73 Å². The summed E-state index contributed by atoms with van der Waals surface area (Å²) in [6.45, 7) is -0.0369. The molecule has 4 N–H and O–H groups in total. The van der Waals surface area contributed by atoms with Gasteiger partial charge in [-0.15, -0.1) is 0 Å². The number of nitrogen functional groups attached to an aromatic ring is 1. The SMILES string of the molecule is Nc1c(-c2cc(Cc3ccc(OCc4ccc5ccccc5n4)cc3)no2)ccc[n+]1COP(=O)(O)O. The minimum atomic E-state index is -4.63. The van der Waals surface area contributed by atoms with Crippen LogP contribution in [-0.2, 0) is 28.8 Å². The van der Waals surface area contributed by atoms with Crippen molar-refractivity contribution in [3.63, 3.8) is 0 Å². The van der Waals surface area contributed by atoms with Gasteiger partial charge in [0.1, 0.15) is 17.9 Å². The van der Waals surface area contributed by atoms with E-state index < -0.39 is 14.6 Å². The average molecular weight is 519 g/mol. The molecule has 3 aromatic heterocycles. The Morgan fingerprint density at radius 3 is 2.59 bits per heavy atom. The summed E-state index contributed by atoms with van der Waals surface area (Å²) < 4.78 is 28.3. The van der Waals surface area contributed by atoms with Crippen LogP contribution in [0.1, 0.15) is 17.0 Å². The Balaban J connectivity index is 1.21. The molecule has 188 valence electrons. The fraction of sp³-hybridized carbons (Fsp3) is 0.115. The Kier molecular flexibility index (Phi) is 6.98. The minimum absolute atomic E-state index is 0.223. The number of nitrogens with two attached hydrogens (primary N) is 1. The molecule has 2 aromatic carbocycles. The standard InChI is InChI=1S/C26H23N4O6P/c27-26-23(5-3-13-30(26)17-35-37(31,32)33)25-15-21(29-36-25)14-18-7-11-22(12-8-18)34-16-20-10-9-19-4-1-2-6-24(19)28-20/h1-13,15,27H,14,16-17H2,(H2,31,32,33)/p+1. The van der Waals surface area contributed by atoms with Crippen LogP contribution >= 0.6 is 7.82 Å². The van der Waals surface area contributed by atoms with Crippen LogP contribution in [-0.4, -0.2) is 19.9 Å².